The Morgan fingerprint density at radius 3 is 2.53 bits per heavy atom. The molecule has 0 amide bonds. The Morgan fingerprint density at radius 1 is 0.824 bits per heavy atom. The van der Waals surface area contributed by atoms with Gasteiger partial charge in [0.15, 0.2) is 0 Å². The van der Waals surface area contributed by atoms with E-state index in [0.717, 1.165) is 5.75 Å². The van der Waals surface area contributed by atoms with Gasteiger partial charge in [-0.1, -0.05) is 48.5 Å². The molecule has 1 nitrogen and oxygen atoms in total. The summed E-state index contributed by atoms with van der Waals surface area (Å²) < 4.78 is 5.98. The number of para-hydroxylation sites is 1. The highest BCUT2D eigenvalue weighted by Gasteiger charge is 2.36. The van der Waals surface area contributed by atoms with Gasteiger partial charge < -0.3 is 4.74 Å². The van der Waals surface area contributed by atoms with Gasteiger partial charge in [-0.15, -0.1) is 0 Å². The Balaban J connectivity index is 1.96. The third-order valence-corrected chi connectivity index (χ3v) is 3.64. The molecule has 4 rings (SSSR count). The molecule has 2 aromatic rings. The number of fused-ring (bicyclic) bond motifs is 5. The van der Waals surface area contributed by atoms with Crippen LogP contribution in [0.5, 0.6) is 5.75 Å². The van der Waals surface area contributed by atoms with Gasteiger partial charge >= 0.3 is 0 Å². The lowest BCUT2D eigenvalue weighted by Crippen LogP contribution is -2.20. The predicted molar refractivity (Wildman–Crippen MR) is 68.2 cm³/mol. The van der Waals surface area contributed by atoms with Crippen LogP contribution in [0.25, 0.3) is 6.08 Å². The molecule has 0 fully saturated rings. The van der Waals surface area contributed by atoms with Crippen molar-refractivity contribution in [1.82, 2.24) is 0 Å². The lowest BCUT2D eigenvalue weighted by molar-refractivity contribution is 0.267. The van der Waals surface area contributed by atoms with Crippen LogP contribution in [-0.2, 0) is 0 Å². The van der Waals surface area contributed by atoms with Crippen LogP contribution in [0, 0.1) is 0 Å². The average Bonchev–Trinajstić information content (AvgIpc) is 2.77. The molecule has 1 heterocycles. The molecule has 0 saturated carbocycles. The van der Waals surface area contributed by atoms with Crippen LogP contribution >= 0.6 is 0 Å². The third kappa shape index (κ3) is 1.19. The Kier molecular flexibility index (Phi) is 1.72. The maximum Gasteiger partial charge on any atom is 0.128 e. The van der Waals surface area contributed by atoms with Crippen LogP contribution in [0.2, 0.25) is 0 Å². The van der Waals surface area contributed by atoms with Crippen LogP contribution in [0.1, 0.15) is 22.6 Å². The van der Waals surface area contributed by atoms with Gasteiger partial charge in [0.2, 0.25) is 0 Å². The van der Waals surface area contributed by atoms with Crippen molar-refractivity contribution in [3.63, 3.8) is 0 Å². The fraction of sp³-hybridized carbons (Fsp3) is 0.125. The molecule has 0 spiro atoms. The molecule has 2 aliphatic rings. The van der Waals surface area contributed by atoms with E-state index in [1.165, 1.54) is 16.7 Å². The summed E-state index contributed by atoms with van der Waals surface area (Å²) in [6.07, 6.45) is 4.51. The maximum atomic E-state index is 5.98. The summed E-state index contributed by atoms with van der Waals surface area (Å²) in [6.45, 7) is 0. The number of hydrogen-bond donors (Lipinski definition) is 0. The minimum absolute atomic E-state index is 0.169. The van der Waals surface area contributed by atoms with E-state index in [1.807, 2.05) is 6.07 Å². The SMILES string of the molecule is C1=CC2Oc3ccccc3C2c2ccccc21. The van der Waals surface area contributed by atoms with Crippen molar-refractivity contribution in [1.29, 1.82) is 0 Å². The summed E-state index contributed by atoms with van der Waals surface area (Å²) in [7, 11) is 0. The molecular weight excluding hydrogens is 208 g/mol. The van der Waals surface area contributed by atoms with Gasteiger partial charge in [0.25, 0.3) is 0 Å². The molecule has 17 heavy (non-hydrogen) atoms. The van der Waals surface area contributed by atoms with Crippen molar-refractivity contribution in [2.75, 3.05) is 0 Å². The lowest BCUT2D eigenvalue weighted by Gasteiger charge is -2.22. The molecule has 2 aromatic carbocycles. The molecule has 1 aliphatic heterocycles. The first-order chi connectivity index (χ1) is 8.43. The molecule has 82 valence electrons. The first kappa shape index (κ1) is 9.06. The fourth-order valence-corrected chi connectivity index (χ4v) is 2.88. The maximum absolute atomic E-state index is 5.98. The van der Waals surface area contributed by atoms with E-state index in [0.29, 0.717) is 5.92 Å². The zero-order valence-electron chi connectivity index (χ0n) is 9.34. The van der Waals surface area contributed by atoms with Gasteiger partial charge in [0.05, 0.1) is 5.92 Å². The quantitative estimate of drug-likeness (QED) is 0.659. The van der Waals surface area contributed by atoms with E-state index in [4.69, 9.17) is 4.74 Å². The predicted octanol–water partition coefficient (Wildman–Crippen LogP) is 3.61. The van der Waals surface area contributed by atoms with Crippen molar-refractivity contribution in [2.45, 2.75) is 12.0 Å². The van der Waals surface area contributed by atoms with Gasteiger partial charge in [0, 0.05) is 5.56 Å². The summed E-state index contributed by atoms with van der Waals surface area (Å²) >= 11 is 0. The molecule has 1 aliphatic carbocycles. The van der Waals surface area contributed by atoms with E-state index < -0.39 is 0 Å². The fourth-order valence-electron chi connectivity index (χ4n) is 2.88. The summed E-state index contributed by atoms with van der Waals surface area (Å²) in [5.41, 5.74) is 4.01. The standard InChI is InChI=1S/C16H12O/c1-2-6-12-11(5-1)9-10-15-16(12)13-7-3-4-8-14(13)17-15/h1-10,15-16H. The molecule has 0 N–H and O–H groups in total. The number of hydrogen-bond acceptors (Lipinski definition) is 1. The van der Waals surface area contributed by atoms with Crippen LogP contribution in [0.4, 0.5) is 0 Å². The van der Waals surface area contributed by atoms with Crippen molar-refractivity contribution in [2.24, 2.45) is 0 Å². The summed E-state index contributed by atoms with van der Waals surface area (Å²) in [5, 5.41) is 0. The molecular formula is C16H12O. The normalized spacial score (nSPS) is 23.5. The van der Waals surface area contributed by atoms with E-state index in [9.17, 15) is 0 Å². The van der Waals surface area contributed by atoms with E-state index >= 15 is 0 Å². The second-order valence-corrected chi connectivity index (χ2v) is 4.59. The number of benzene rings is 2. The van der Waals surface area contributed by atoms with Gasteiger partial charge in [-0.25, -0.2) is 0 Å². The van der Waals surface area contributed by atoms with Gasteiger partial charge in [0.1, 0.15) is 11.9 Å². The molecule has 2 unspecified atom stereocenters. The third-order valence-electron chi connectivity index (χ3n) is 3.64. The van der Waals surface area contributed by atoms with Crippen LogP contribution in [-0.4, -0.2) is 6.10 Å². The Hall–Kier alpha value is -2.02. The van der Waals surface area contributed by atoms with Crippen molar-refractivity contribution in [3.8, 4) is 5.75 Å². The first-order valence-electron chi connectivity index (χ1n) is 5.96. The molecule has 1 heteroatoms. The van der Waals surface area contributed by atoms with Crippen molar-refractivity contribution in [3.05, 3.63) is 71.3 Å². The molecule has 0 bridgehead atoms. The summed E-state index contributed by atoms with van der Waals surface area (Å²) in [5.74, 6) is 1.40. The summed E-state index contributed by atoms with van der Waals surface area (Å²) in [4.78, 5) is 0. The minimum atomic E-state index is 0.169. The van der Waals surface area contributed by atoms with Crippen molar-refractivity contribution >= 4 is 6.08 Å². The minimum Gasteiger partial charge on any atom is -0.485 e. The zero-order chi connectivity index (χ0) is 11.2. The smallest absolute Gasteiger partial charge is 0.128 e. The van der Waals surface area contributed by atoms with Gasteiger partial charge in [-0.05, 0) is 23.3 Å². The van der Waals surface area contributed by atoms with Crippen molar-refractivity contribution < 1.29 is 4.74 Å². The molecule has 0 radical (unpaired) electrons. The monoisotopic (exact) mass is 220 g/mol. The Labute approximate surface area is 100 Å². The number of ether oxygens (including phenoxy) is 1. The van der Waals surface area contributed by atoms with E-state index in [2.05, 4.69) is 54.6 Å². The second-order valence-electron chi connectivity index (χ2n) is 4.59. The lowest BCUT2D eigenvalue weighted by atomic mass is 9.82. The first-order valence-corrected chi connectivity index (χ1v) is 5.96. The van der Waals surface area contributed by atoms with Crippen LogP contribution in [0.3, 0.4) is 0 Å². The largest absolute Gasteiger partial charge is 0.485 e. The second kappa shape index (κ2) is 3.24. The molecule has 2 atom stereocenters. The van der Waals surface area contributed by atoms with Crippen LogP contribution < -0.4 is 4.74 Å². The highest BCUT2D eigenvalue weighted by Crippen LogP contribution is 2.45. The van der Waals surface area contributed by atoms with Gasteiger partial charge in [-0.3, -0.25) is 0 Å². The highest BCUT2D eigenvalue weighted by atomic mass is 16.5. The highest BCUT2D eigenvalue weighted by molar-refractivity contribution is 5.64. The summed E-state index contributed by atoms with van der Waals surface area (Å²) in [6, 6.07) is 16.9. The molecule has 0 saturated heterocycles. The topological polar surface area (TPSA) is 9.23 Å². The average molecular weight is 220 g/mol. The van der Waals surface area contributed by atoms with E-state index in [-0.39, 0.29) is 6.10 Å². The Bertz CT molecular complexity index is 612. The number of rotatable bonds is 0. The Morgan fingerprint density at radius 2 is 1.59 bits per heavy atom. The van der Waals surface area contributed by atoms with Gasteiger partial charge in [-0.2, -0.15) is 0 Å². The van der Waals surface area contributed by atoms with Crippen LogP contribution in [0.15, 0.2) is 54.6 Å². The zero-order valence-corrected chi connectivity index (χ0v) is 9.34. The van der Waals surface area contributed by atoms with E-state index in [1.54, 1.807) is 0 Å². The molecule has 0 aromatic heterocycles.